The summed E-state index contributed by atoms with van der Waals surface area (Å²) in [6, 6.07) is 14.0. The Morgan fingerprint density at radius 1 is 1.14 bits per heavy atom. The van der Waals surface area contributed by atoms with Crippen LogP contribution in [-0.2, 0) is 14.4 Å². The fourth-order valence-corrected chi connectivity index (χ4v) is 3.34. The maximum atomic E-state index is 13.0. The monoisotopic (exact) mass is 378 g/mol. The van der Waals surface area contributed by atoms with Crippen molar-refractivity contribution >= 4 is 23.2 Å². The van der Waals surface area contributed by atoms with Crippen LogP contribution in [0.15, 0.2) is 66.3 Å². The fraction of sp³-hybridized carbons (Fsp3) is 0.190. The molecule has 0 aliphatic carbocycles. The second-order valence-corrected chi connectivity index (χ2v) is 6.29. The highest BCUT2D eigenvalue weighted by atomic mass is 16.7. The average molecular weight is 378 g/mol. The minimum atomic E-state index is -0.953. The van der Waals surface area contributed by atoms with E-state index in [9.17, 15) is 9.59 Å². The first kappa shape index (κ1) is 17.8. The van der Waals surface area contributed by atoms with Gasteiger partial charge in [-0.3, -0.25) is 9.59 Å². The first-order valence-electron chi connectivity index (χ1n) is 8.74. The first-order valence-corrected chi connectivity index (χ1v) is 8.74. The van der Waals surface area contributed by atoms with Gasteiger partial charge in [0.05, 0.1) is 12.8 Å². The van der Waals surface area contributed by atoms with E-state index in [-0.39, 0.29) is 5.91 Å². The van der Waals surface area contributed by atoms with Gasteiger partial charge in [0.1, 0.15) is 18.2 Å². The third-order valence-corrected chi connectivity index (χ3v) is 4.64. The van der Waals surface area contributed by atoms with Crippen LogP contribution in [0.25, 0.3) is 0 Å². The highest BCUT2D eigenvalue weighted by Gasteiger charge is 2.56. The average Bonchev–Trinajstić information content (AvgIpc) is 3.27. The third-order valence-electron chi connectivity index (χ3n) is 4.64. The van der Waals surface area contributed by atoms with Crippen molar-refractivity contribution in [1.29, 1.82) is 0 Å². The number of fused-ring (bicyclic) bond motifs is 1. The Bertz CT molecular complexity index is 970. The SMILES string of the molecule is C=CCOc1ccc(C2=NO[C@@H]3C(=O)N(c4ccccc4)C(=O)[C@H]23)cc1OC. The van der Waals surface area contributed by atoms with Crippen LogP contribution in [0.3, 0.4) is 0 Å². The Hall–Kier alpha value is -3.61. The maximum Gasteiger partial charge on any atom is 0.278 e. The third kappa shape index (κ3) is 2.81. The minimum Gasteiger partial charge on any atom is -0.493 e. The molecule has 0 bridgehead atoms. The molecule has 0 unspecified atom stereocenters. The predicted octanol–water partition coefficient (Wildman–Crippen LogP) is 2.55. The number of methoxy groups -OCH3 is 1. The molecule has 28 heavy (non-hydrogen) atoms. The van der Waals surface area contributed by atoms with Crippen LogP contribution in [-0.4, -0.2) is 37.3 Å². The van der Waals surface area contributed by atoms with Gasteiger partial charge in [0.15, 0.2) is 11.5 Å². The lowest BCUT2D eigenvalue weighted by Crippen LogP contribution is -2.33. The summed E-state index contributed by atoms with van der Waals surface area (Å²) in [7, 11) is 1.52. The van der Waals surface area contributed by atoms with Gasteiger partial charge in [0, 0.05) is 5.56 Å². The highest BCUT2D eigenvalue weighted by molar-refractivity contribution is 6.32. The summed E-state index contributed by atoms with van der Waals surface area (Å²) in [5.41, 5.74) is 1.54. The molecule has 0 N–H and O–H groups in total. The molecule has 2 aliphatic rings. The zero-order chi connectivity index (χ0) is 19.7. The highest BCUT2D eigenvalue weighted by Crippen LogP contribution is 2.37. The number of hydrogen-bond acceptors (Lipinski definition) is 6. The van der Waals surface area contributed by atoms with E-state index in [1.54, 1.807) is 48.5 Å². The van der Waals surface area contributed by atoms with Crippen molar-refractivity contribution in [2.24, 2.45) is 11.1 Å². The molecule has 142 valence electrons. The van der Waals surface area contributed by atoms with E-state index >= 15 is 0 Å². The van der Waals surface area contributed by atoms with Gasteiger partial charge in [-0.1, -0.05) is 36.0 Å². The van der Waals surface area contributed by atoms with Crippen LogP contribution in [0.4, 0.5) is 5.69 Å². The normalized spacial score (nSPS) is 20.5. The molecule has 2 amide bonds. The van der Waals surface area contributed by atoms with Crippen molar-refractivity contribution in [1.82, 2.24) is 0 Å². The number of carbonyl (C=O) groups is 2. The van der Waals surface area contributed by atoms with Gasteiger partial charge < -0.3 is 14.3 Å². The molecule has 0 saturated carbocycles. The number of nitrogens with zero attached hydrogens (tertiary/aromatic N) is 2. The second kappa shape index (κ2) is 7.19. The number of imide groups is 1. The molecule has 4 rings (SSSR count). The minimum absolute atomic E-state index is 0.337. The molecule has 7 heteroatoms. The topological polar surface area (TPSA) is 77.4 Å². The molecule has 2 atom stereocenters. The van der Waals surface area contributed by atoms with Crippen LogP contribution in [0.5, 0.6) is 11.5 Å². The zero-order valence-electron chi connectivity index (χ0n) is 15.2. The van der Waals surface area contributed by atoms with E-state index in [1.807, 2.05) is 6.07 Å². The van der Waals surface area contributed by atoms with Crippen molar-refractivity contribution in [2.45, 2.75) is 6.10 Å². The molecule has 7 nitrogen and oxygen atoms in total. The van der Waals surface area contributed by atoms with Crippen LogP contribution in [0.2, 0.25) is 0 Å². The van der Waals surface area contributed by atoms with Gasteiger partial charge in [-0.2, -0.15) is 0 Å². The second-order valence-electron chi connectivity index (χ2n) is 6.29. The lowest BCUT2D eigenvalue weighted by atomic mass is 9.94. The lowest BCUT2D eigenvalue weighted by Gasteiger charge is -2.15. The van der Waals surface area contributed by atoms with Crippen molar-refractivity contribution in [3.8, 4) is 11.5 Å². The van der Waals surface area contributed by atoms with E-state index in [0.717, 1.165) is 4.90 Å². The summed E-state index contributed by atoms with van der Waals surface area (Å²) in [4.78, 5) is 32.2. The fourth-order valence-electron chi connectivity index (χ4n) is 3.34. The number of oxime groups is 1. The molecule has 2 aliphatic heterocycles. The van der Waals surface area contributed by atoms with Gasteiger partial charge in [0.2, 0.25) is 12.0 Å². The number of anilines is 1. The van der Waals surface area contributed by atoms with Gasteiger partial charge >= 0.3 is 0 Å². The zero-order valence-corrected chi connectivity index (χ0v) is 15.2. The Labute approximate surface area is 161 Å². The Morgan fingerprint density at radius 3 is 2.64 bits per heavy atom. The molecule has 2 heterocycles. The van der Waals surface area contributed by atoms with Gasteiger partial charge in [-0.25, -0.2) is 4.90 Å². The van der Waals surface area contributed by atoms with Crippen LogP contribution in [0.1, 0.15) is 5.56 Å². The standard InChI is InChI=1S/C21H18N2O5/c1-3-11-27-15-10-9-13(12-16(15)26-2)18-17-19(28-22-18)21(25)23(20(17)24)14-7-5-4-6-8-14/h3-10,12,17,19H,1,11H2,2H3/t17-,19+/m1/s1. The van der Waals surface area contributed by atoms with E-state index in [4.69, 9.17) is 14.3 Å². The smallest absolute Gasteiger partial charge is 0.278 e. The van der Waals surface area contributed by atoms with Gasteiger partial charge in [-0.15, -0.1) is 0 Å². The Balaban J connectivity index is 1.65. The summed E-state index contributed by atoms with van der Waals surface area (Å²) < 4.78 is 10.9. The maximum absolute atomic E-state index is 13.0. The number of para-hydroxylation sites is 1. The molecule has 0 aromatic heterocycles. The number of benzene rings is 2. The molecular weight excluding hydrogens is 360 g/mol. The number of rotatable bonds is 6. The Kier molecular flexibility index (Phi) is 4.57. The molecule has 0 spiro atoms. The molecule has 1 saturated heterocycles. The van der Waals surface area contributed by atoms with E-state index < -0.39 is 17.9 Å². The van der Waals surface area contributed by atoms with Crippen LogP contribution in [0, 0.1) is 5.92 Å². The molecular formula is C21H18N2O5. The van der Waals surface area contributed by atoms with Crippen molar-refractivity contribution in [2.75, 3.05) is 18.6 Å². The number of ether oxygens (including phenoxy) is 2. The van der Waals surface area contributed by atoms with E-state index in [2.05, 4.69) is 11.7 Å². The lowest BCUT2D eigenvalue weighted by molar-refractivity contribution is -0.126. The first-order chi connectivity index (χ1) is 13.7. The molecule has 2 aromatic rings. The summed E-state index contributed by atoms with van der Waals surface area (Å²) in [5.74, 6) is -0.539. The molecule has 1 fully saturated rings. The van der Waals surface area contributed by atoms with Gasteiger partial charge in [-0.05, 0) is 30.3 Å². The van der Waals surface area contributed by atoms with E-state index in [0.29, 0.717) is 35.1 Å². The molecule has 2 aromatic carbocycles. The quantitative estimate of drug-likeness (QED) is 0.570. The van der Waals surface area contributed by atoms with Crippen molar-refractivity contribution in [3.05, 3.63) is 66.7 Å². The van der Waals surface area contributed by atoms with Crippen molar-refractivity contribution in [3.63, 3.8) is 0 Å². The van der Waals surface area contributed by atoms with Crippen LogP contribution < -0.4 is 14.4 Å². The number of carbonyl (C=O) groups excluding carboxylic acids is 2. The summed E-state index contributed by atoms with van der Waals surface area (Å²) in [6.07, 6.45) is 0.679. The summed E-state index contributed by atoms with van der Waals surface area (Å²) >= 11 is 0. The van der Waals surface area contributed by atoms with Crippen molar-refractivity contribution < 1.29 is 23.9 Å². The number of hydrogen-bond donors (Lipinski definition) is 0. The largest absolute Gasteiger partial charge is 0.493 e. The van der Waals surface area contributed by atoms with E-state index in [1.165, 1.54) is 7.11 Å². The number of amides is 2. The molecule has 0 radical (unpaired) electrons. The van der Waals surface area contributed by atoms with Crippen LogP contribution >= 0.6 is 0 Å². The summed E-state index contributed by atoms with van der Waals surface area (Å²) in [6.45, 7) is 3.96. The predicted molar refractivity (Wildman–Crippen MR) is 103 cm³/mol. The Morgan fingerprint density at radius 2 is 1.93 bits per heavy atom. The van der Waals surface area contributed by atoms with Gasteiger partial charge in [0.25, 0.3) is 5.91 Å². The summed E-state index contributed by atoms with van der Waals surface area (Å²) in [5, 5.41) is 4.02.